The van der Waals surface area contributed by atoms with Crippen LogP contribution in [-0.2, 0) is 11.3 Å². The number of carbonyl (C=O) groups excluding carboxylic acids is 1. The van der Waals surface area contributed by atoms with Gasteiger partial charge in [-0.3, -0.25) is 14.2 Å². The summed E-state index contributed by atoms with van der Waals surface area (Å²) in [4.78, 5) is 24.9. The van der Waals surface area contributed by atoms with Gasteiger partial charge in [-0.1, -0.05) is 24.3 Å². The first-order valence-electron chi connectivity index (χ1n) is 8.62. The molecule has 1 N–H and O–H groups in total. The molecule has 140 valence electrons. The fraction of sp³-hybridized carbons (Fsp3) is 0.238. The highest BCUT2D eigenvalue weighted by Gasteiger charge is 2.14. The van der Waals surface area contributed by atoms with E-state index in [0.29, 0.717) is 11.1 Å². The van der Waals surface area contributed by atoms with Crippen molar-refractivity contribution in [2.45, 2.75) is 26.4 Å². The molecule has 1 aromatic heterocycles. The molecule has 0 saturated heterocycles. The van der Waals surface area contributed by atoms with E-state index in [0.717, 1.165) is 10.9 Å². The van der Waals surface area contributed by atoms with Gasteiger partial charge in [0.2, 0.25) is 5.91 Å². The Morgan fingerprint density at radius 3 is 2.67 bits per heavy atom. The number of pyridine rings is 1. The van der Waals surface area contributed by atoms with Crippen molar-refractivity contribution in [3.8, 4) is 5.75 Å². The van der Waals surface area contributed by atoms with Gasteiger partial charge in [0.1, 0.15) is 6.54 Å². The van der Waals surface area contributed by atoms with Gasteiger partial charge in [0.05, 0.1) is 18.7 Å². The molecule has 1 atom stereocenters. The molecule has 0 radical (unpaired) electrons. The van der Waals surface area contributed by atoms with Crippen LogP contribution in [0.5, 0.6) is 5.75 Å². The second kappa shape index (κ2) is 7.61. The van der Waals surface area contributed by atoms with E-state index in [1.165, 1.54) is 29.9 Å². The van der Waals surface area contributed by atoms with Gasteiger partial charge in [-0.25, -0.2) is 4.39 Å². The van der Waals surface area contributed by atoms with Crippen LogP contribution in [0.1, 0.15) is 24.1 Å². The molecular weight excluding hydrogens is 347 g/mol. The number of benzene rings is 2. The number of ether oxygens (including phenoxy) is 1. The van der Waals surface area contributed by atoms with Gasteiger partial charge in [0.15, 0.2) is 11.6 Å². The predicted molar refractivity (Wildman–Crippen MR) is 102 cm³/mol. The number of amides is 1. The Hall–Kier alpha value is -3.15. The number of hydrogen-bond donors (Lipinski definition) is 1. The Morgan fingerprint density at radius 2 is 1.96 bits per heavy atom. The number of carbonyl (C=O) groups is 1. The Kier molecular flexibility index (Phi) is 5.26. The number of hydrogen-bond acceptors (Lipinski definition) is 3. The van der Waals surface area contributed by atoms with Crippen molar-refractivity contribution >= 4 is 16.8 Å². The standard InChI is InChI=1S/C21H21FN2O3/c1-13-10-21(26)24(18-7-5-4-6-16(13)18)12-20(25)23-14(2)15-8-9-19(27-3)17(22)11-15/h4-11,14H,12H2,1-3H3,(H,23,25). The van der Waals surface area contributed by atoms with E-state index in [4.69, 9.17) is 4.74 Å². The van der Waals surface area contributed by atoms with Crippen LogP contribution in [0.3, 0.4) is 0 Å². The maximum Gasteiger partial charge on any atom is 0.251 e. The summed E-state index contributed by atoms with van der Waals surface area (Å²) in [6.45, 7) is 3.52. The second-order valence-corrected chi connectivity index (χ2v) is 6.45. The van der Waals surface area contributed by atoms with Crippen LogP contribution >= 0.6 is 0 Å². The lowest BCUT2D eigenvalue weighted by Gasteiger charge is -2.17. The monoisotopic (exact) mass is 368 g/mol. The lowest BCUT2D eigenvalue weighted by molar-refractivity contribution is -0.122. The third kappa shape index (κ3) is 3.84. The van der Waals surface area contributed by atoms with E-state index in [1.807, 2.05) is 31.2 Å². The molecule has 0 aliphatic heterocycles. The Balaban J connectivity index is 1.81. The Bertz CT molecular complexity index is 1060. The van der Waals surface area contributed by atoms with Gasteiger partial charge >= 0.3 is 0 Å². The molecule has 5 nitrogen and oxygen atoms in total. The van der Waals surface area contributed by atoms with E-state index in [9.17, 15) is 14.0 Å². The summed E-state index contributed by atoms with van der Waals surface area (Å²) in [6.07, 6.45) is 0. The van der Waals surface area contributed by atoms with Crippen molar-refractivity contribution in [3.63, 3.8) is 0 Å². The molecule has 1 unspecified atom stereocenters. The van der Waals surface area contributed by atoms with Crippen LogP contribution < -0.4 is 15.6 Å². The number of halogens is 1. The topological polar surface area (TPSA) is 60.3 Å². The fourth-order valence-electron chi connectivity index (χ4n) is 3.13. The number of fused-ring (bicyclic) bond motifs is 1. The average molecular weight is 368 g/mol. The molecule has 1 amide bonds. The van der Waals surface area contributed by atoms with Crippen molar-refractivity contribution < 1.29 is 13.9 Å². The molecule has 3 aromatic rings. The smallest absolute Gasteiger partial charge is 0.251 e. The minimum absolute atomic E-state index is 0.109. The van der Waals surface area contributed by atoms with Crippen LogP contribution in [0.4, 0.5) is 4.39 Å². The molecule has 0 spiro atoms. The van der Waals surface area contributed by atoms with Gasteiger partial charge in [0, 0.05) is 11.5 Å². The summed E-state index contributed by atoms with van der Waals surface area (Å²) in [6, 6.07) is 13.1. The first-order chi connectivity index (χ1) is 12.9. The zero-order valence-electron chi connectivity index (χ0n) is 15.5. The van der Waals surface area contributed by atoms with E-state index in [-0.39, 0.29) is 23.8 Å². The van der Waals surface area contributed by atoms with Crippen LogP contribution in [0, 0.1) is 12.7 Å². The molecule has 1 heterocycles. The number of nitrogens with zero attached hydrogens (tertiary/aromatic N) is 1. The number of nitrogens with one attached hydrogen (secondary N) is 1. The van der Waals surface area contributed by atoms with Crippen molar-refractivity contribution in [3.05, 3.63) is 75.8 Å². The molecular formula is C21H21FN2O3. The third-order valence-electron chi connectivity index (χ3n) is 4.58. The quantitative estimate of drug-likeness (QED) is 0.751. The van der Waals surface area contributed by atoms with Crippen LogP contribution in [0.25, 0.3) is 10.9 Å². The van der Waals surface area contributed by atoms with E-state index >= 15 is 0 Å². The largest absolute Gasteiger partial charge is 0.494 e. The van der Waals surface area contributed by atoms with Gasteiger partial charge < -0.3 is 10.1 Å². The SMILES string of the molecule is COc1ccc(C(C)NC(=O)Cn2c(=O)cc(C)c3ccccc32)cc1F. The highest BCUT2D eigenvalue weighted by molar-refractivity contribution is 5.84. The summed E-state index contributed by atoms with van der Waals surface area (Å²) >= 11 is 0. The number of aromatic nitrogens is 1. The highest BCUT2D eigenvalue weighted by atomic mass is 19.1. The average Bonchev–Trinajstić information content (AvgIpc) is 2.65. The normalized spacial score (nSPS) is 12.0. The predicted octanol–water partition coefficient (Wildman–Crippen LogP) is 3.34. The first-order valence-corrected chi connectivity index (χ1v) is 8.62. The Labute approximate surface area is 156 Å². The molecule has 6 heteroatoms. The number of aryl methyl sites for hydroxylation is 1. The summed E-state index contributed by atoms with van der Waals surface area (Å²) in [7, 11) is 1.40. The third-order valence-corrected chi connectivity index (χ3v) is 4.58. The van der Waals surface area contributed by atoms with Gasteiger partial charge in [-0.15, -0.1) is 0 Å². The van der Waals surface area contributed by atoms with E-state index in [1.54, 1.807) is 13.0 Å². The van der Waals surface area contributed by atoms with Gasteiger partial charge in [0.25, 0.3) is 5.56 Å². The zero-order chi connectivity index (χ0) is 19.6. The second-order valence-electron chi connectivity index (χ2n) is 6.45. The summed E-state index contributed by atoms with van der Waals surface area (Å²) < 4.78 is 20.2. The maximum atomic E-state index is 13.9. The number of para-hydroxylation sites is 1. The first kappa shape index (κ1) is 18.6. The van der Waals surface area contributed by atoms with Crippen LogP contribution in [-0.4, -0.2) is 17.6 Å². The van der Waals surface area contributed by atoms with E-state index < -0.39 is 11.9 Å². The highest BCUT2D eigenvalue weighted by Crippen LogP contribution is 2.22. The lowest BCUT2D eigenvalue weighted by Crippen LogP contribution is -2.34. The van der Waals surface area contributed by atoms with E-state index in [2.05, 4.69) is 5.32 Å². The molecule has 2 aromatic carbocycles. The van der Waals surface area contributed by atoms with Crippen molar-refractivity contribution in [1.82, 2.24) is 9.88 Å². The number of methoxy groups -OCH3 is 1. The molecule has 0 saturated carbocycles. The number of rotatable bonds is 5. The molecule has 27 heavy (non-hydrogen) atoms. The Morgan fingerprint density at radius 1 is 1.22 bits per heavy atom. The summed E-state index contributed by atoms with van der Waals surface area (Å²) in [5.74, 6) is -0.665. The zero-order valence-corrected chi connectivity index (χ0v) is 15.5. The van der Waals surface area contributed by atoms with Gasteiger partial charge in [-0.05, 0) is 43.2 Å². The van der Waals surface area contributed by atoms with Crippen molar-refractivity contribution in [2.75, 3.05) is 7.11 Å². The van der Waals surface area contributed by atoms with Crippen molar-refractivity contribution in [2.24, 2.45) is 0 Å². The summed E-state index contributed by atoms with van der Waals surface area (Å²) in [5, 5.41) is 3.74. The lowest BCUT2D eigenvalue weighted by atomic mass is 10.1. The minimum atomic E-state index is -0.489. The van der Waals surface area contributed by atoms with Crippen molar-refractivity contribution in [1.29, 1.82) is 0 Å². The fourth-order valence-corrected chi connectivity index (χ4v) is 3.13. The molecule has 3 rings (SSSR count). The summed E-state index contributed by atoms with van der Waals surface area (Å²) in [5.41, 5.74) is 1.96. The van der Waals surface area contributed by atoms with Crippen LogP contribution in [0.15, 0.2) is 53.3 Å². The maximum absolute atomic E-state index is 13.9. The van der Waals surface area contributed by atoms with Gasteiger partial charge in [-0.2, -0.15) is 0 Å². The van der Waals surface area contributed by atoms with Crippen LogP contribution in [0.2, 0.25) is 0 Å². The molecule has 0 aliphatic rings. The molecule has 0 fully saturated rings. The molecule has 0 aliphatic carbocycles. The minimum Gasteiger partial charge on any atom is -0.494 e. The molecule has 0 bridgehead atoms.